The van der Waals surface area contributed by atoms with Gasteiger partial charge in [0, 0.05) is 13.7 Å². The van der Waals surface area contributed by atoms with Crippen molar-refractivity contribution in [2.24, 2.45) is 0 Å². The van der Waals surface area contributed by atoms with E-state index in [1.165, 1.54) is 7.11 Å². The van der Waals surface area contributed by atoms with Crippen molar-refractivity contribution in [3.63, 3.8) is 0 Å². The number of rotatable bonds is 6. The smallest absolute Gasteiger partial charge is 0.258 e. The van der Waals surface area contributed by atoms with Crippen LogP contribution in [0.4, 0.5) is 0 Å². The molecule has 3 aromatic rings. The largest absolute Gasteiger partial charge is 0.454 e. The van der Waals surface area contributed by atoms with Crippen molar-refractivity contribution >= 4 is 16.8 Å². The van der Waals surface area contributed by atoms with E-state index >= 15 is 0 Å². The van der Waals surface area contributed by atoms with E-state index in [0.29, 0.717) is 34.8 Å². The monoisotopic (exact) mass is 381 g/mol. The van der Waals surface area contributed by atoms with Gasteiger partial charge >= 0.3 is 0 Å². The molecule has 0 bridgehead atoms. The number of carbonyl (C=O) groups excluding carboxylic acids is 1. The molecule has 8 nitrogen and oxygen atoms in total. The first-order valence-electron chi connectivity index (χ1n) is 8.77. The molecule has 28 heavy (non-hydrogen) atoms. The Morgan fingerprint density at radius 3 is 2.86 bits per heavy atom. The van der Waals surface area contributed by atoms with Gasteiger partial charge in [0.15, 0.2) is 11.5 Å². The highest BCUT2D eigenvalue weighted by Crippen LogP contribution is 2.32. The molecule has 2 aromatic carbocycles. The van der Waals surface area contributed by atoms with Crippen molar-refractivity contribution < 1.29 is 19.0 Å². The minimum Gasteiger partial charge on any atom is -0.454 e. The molecule has 1 aromatic heterocycles. The zero-order chi connectivity index (χ0) is 19.5. The van der Waals surface area contributed by atoms with Gasteiger partial charge in [0.2, 0.25) is 12.7 Å². The Kier molecular flexibility index (Phi) is 4.94. The highest BCUT2D eigenvalue weighted by atomic mass is 16.7. The summed E-state index contributed by atoms with van der Waals surface area (Å²) in [5.74, 6) is 1.53. The summed E-state index contributed by atoms with van der Waals surface area (Å²) in [5, 5.41) is 0.511. The number of nitrogens with zero attached hydrogens (tertiary/aromatic N) is 2. The van der Waals surface area contributed by atoms with Gasteiger partial charge in [-0.05, 0) is 29.8 Å². The summed E-state index contributed by atoms with van der Waals surface area (Å²) >= 11 is 0. The molecule has 1 amide bonds. The van der Waals surface area contributed by atoms with Crippen LogP contribution in [-0.4, -0.2) is 41.3 Å². The molecule has 0 radical (unpaired) electrons. The summed E-state index contributed by atoms with van der Waals surface area (Å²) in [6.07, 6.45) is 0. The minimum atomic E-state index is -0.233. The molecular formula is C20H19N3O5. The maximum absolute atomic E-state index is 12.6. The number of aromatic nitrogens is 2. The summed E-state index contributed by atoms with van der Waals surface area (Å²) in [4.78, 5) is 33.7. The zero-order valence-electron chi connectivity index (χ0n) is 15.3. The standard InChI is InChI=1S/C20H19N3O5/c1-26-11-19(24)23(9-13-6-7-16-17(8-13)28-12-27-16)10-18-21-15-5-3-2-4-14(15)20(25)22-18/h2-8H,9-12H2,1H3,(H,21,22,25). The van der Waals surface area contributed by atoms with Crippen molar-refractivity contribution in [3.8, 4) is 11.5 Å². The van der Waals surface area contributed by atoms with Crippen LogP contribution in [0.1, 0.15) is 11.4 Å². The molecule has 0 aliphatic carbocycles. The molecule has 0 saturated carbocycles. The lowest BCUT2D eigenvalue weighted by Crippen LogP contribution is -2.34. The third kappa shape index (κ3) is 3.67. The molecule has 4 rings (SSSR count). The predicted octanol–water partition coefficient (Wildman–Crippen LogP) is 1.83. The van der Waals surface area contributed by atoms with Gasteiger partial charge in [-0.3, -0.25) is 9.59 Å². The number of fused-ring (bicyclic) bond motifs is 2. The SMILES string of the molecule is COCC(=O)N(Cc1ccc2c(c1)OCO2)Cc1nc2ccccc2c(=O)[nH]1. The van der Waals surface area contributed by atoms with Crippen LogP contribution in [0.5, 0.6) is 11.5 Å². The number of benzene rings is 2. The van der Waals surface area contributed by atoms with Gasteiger partial charge in [-0.25, -0.2) is 4.98 Å². The van der Waals surface area contributed by atoms with E-state index in [4.69, 9.17) is 14.2 Å². The van der Waals surface area contributed by atoms with Gasteiger partial charge in [-0.1, -0.05) is 18.2 Å². The second kappa shape index (κ2) is 7.69. The van der Waals surface area contributed by atoms with Crippen molar-refractivity contribution in [2.75, 3.05) is 20.5 Å². The number of methoxy groups -OCH3 is 1. The molecular weight excluding hydrogens is 362 g/mol. The topological polar surface area (TPSA) is 93.8 Å². The van der Waals surface area contributed by atoms with Crippen LogP contribution in [0.2, 0.25) is 0 Å². The molecule has 8 heteroatoms. The fourth-order valence-electron chi connectivity index (χ4n) is 3.10. The summed E-state index contributed by atoms with van der Waals surface area (Å²) < 4.78 is 15.7. The first-order chi connectivity index (χ1) is 13.6. The molecule has 0 atom stereocenters. The van der Waals surface area contributed by atoms with Gasteiger partial charge in [-0.15, -0.1) is 0 Å². The van der Waals surface area contributed by atoms with Gasteiger partial charge in [0.05, 0.1) is 17.4 Å². The van der Waals surface area contributed by atoms with E-state index in [-0.39, 0.29) is 31.4 Å². The average molecular weight is 381 g/mol. The van der Waals surface area contributed by atoms with Crippen LogP contribution < -0.4 is 15.0 Å². The first kappa shape index (κ1) is 18.0. The molecule has 144 valence electrons. The third-order valence-corrected chi connectivity index (χ3v) is 4.43. The Hall–Kier alpha value is -3.39. The Morgan fingerprint density at radius 2 is 2.00 bits per heavy atom. The van der Waals surface area contributed by atoms with Crippen molar-refractivity contribution in [2.45, 2.75) is 13.1 Å². The van der Waals surface area contributed by atoms with Crippen molar-refractivity contribution in [1.29, 1.82) is 0 Å². The summed E-state index contributed by atoms with van der Waals surface area (Å²) in [7, 11) is 1.47. The maximum Gasteiger partial charge on any atom is 0.258 e. The number of nitrogens with one attached hydrogen (secondary N) is 1. The van der Waals surface area contributed by atoms with Crippen LogP contribution in [0.15, 0.2) is 47.3 Å². The summed E-state index contributed by atoms with van der Waals surface area (Å²) in [6.45, 7) is 0.585. The number of para-hydroxylation sites is 1. The second-order valence-corrected chi connectivity index (χ2v) is 6.40. The Labute approximate surface area is 160 Å². The van der Waals surface area contributed by atoms with E-state index in [2.05, 4.69) is 9.97 Å². The van der Waals surface area contributed by atoms with E-state index < -0.39 is 0 Å². The van der Waals surface area contributed by atoms with E-state index in [1.54, 1.807) is 23.1 Å². The number of amides is 1. The predicted molar refractivity (Wildman–Crippen MR) is 101 cm³/mol. The van der Waals surface area contributed by atoms with E-state index in [1.807, 2.05) is 24.3 Å². The summed E-state index contributed by atoms with van der Waals surface area (Å²) in [5.41, 5.74) is 1.23. The molecule has 0 spiro atoms. The maximum atomic E-state index is 12.6. The molecule has 0 saturated heterocycles. The lowest BCUT2D eigenvalue weighted by atomic mass is 10.2. The normalized spacial score (nSPS) is 12.3. The van der Waals surface area contributed by atoms with Crippen LogP contribution in [0, 0.1) is 0 Å². The zero-order valence-corrected chi connectivity index (χ0v) is 15.3. The van der Waals surface area contributed by atoms with E-state index in [0.717, 1.165) is 5.56 Å². The second-order valence-electron chi connectivity index (χ2n) is 6.40. The first-order valence-corrected chi connectivity index (χ1v) is 8.77. The molecule has 0 fully saturated rings. The molecule has 1 N–H and O–H groups in total. The fraction of sp³-hybridized carbons (Fsp3) is 0.250. The Bertz CT molecular complexity index is 1080. The Balaban J connectivity index is 1.61. The third-order valence-electron chi connectivity index (χ3n) is 4.43. The highest BCUT2D eigenvalue weighted by Gasteiger charge is 2.19. The highest BCUT2D eigenvalue weighted by molar-refractivity contribution is 5.78. The van der Waals surface area contributed by atoms with Gasteiger partial charge in [-0.2, -0.15) is 0 Å². The van der Waals surface area contributed by atoms with Crippen LogP contribution in [0.25, 0.3) is 10.9 Å². The minimum absolute atomic E-state index is 0.0671. The number of hydrogen-bond donors (Lipinski definition) is 1. The van der Waals surface area contributed by atoms with Crippen molar-refractivity contribution in [1.82, 2.24) is 14.9 Å². The van der Waals surface area contributed by atoms with Crippen LogP contribution >= 0.6 is 0 Å². The average Bonchev–Trinajstić information content (AvgIpc) is 3.15. The fourth-order valence-corrected chi connectivity index (χ4v) is 3.10. The van der Waals surface area contributed by atoms with Crippen LogP contribution in [-0.2, 0) is 22.6 Å². The molecule has 1 aliphatic heterocycles. The molecule has 1 aliphatic rings. The van der Waals surface area contributed by atoms with Gasteiger partial charge < -0.3 is 24.1 Å². The Morgan fingerprint density at radius 1 is 1.18 bits per heavy atom. The quantitative estimate of drug-likeness (QED) is 0.700. The summed E-state index contributed by atoms with van der Waals surface area (Å²) in [6, 6.07) is 12.6. The molecule has 2 heterocycles. The van der Waals surface area contributed by atoms with Gasteiger partial charge in [0.1, 0.15) is 12.4 Å². The van der Waals surface area contributed by atoms with Crippen LogP contribution in [0.3, 0.4) is 0 Å². The number of H-pyrrole nitrogens is 1. The lowest BCUT2D eigenvalue weighted by Gasteiger charge is -2.22. The lowest BCUT2D eigenvalue weighted by molar-refractivity contribution is -0.136. The number of aromatic amines is 1. The number of ether oxygens (including phenoxy) is 3. The van der Waals surface area contributed by atoms with Gasteiger partial charge in [0.25, 0.3) is 5.56 Å². The van der Waals surface area contributed by atoms with E-state index in [9.17, 15) is 9.59 Å². The number of hydrogen-bond acceptors (Lipinski definition) is 6. The molecule has 0 unspecified atom stereocenters. The number of carbonyl (C=O) groups is 1. The van der Waals surface area contributed by atoms with Crippen molar-refractivity contribution in [3.05, 3.63) is 64.2 Å².